The number of amides is 1. The molecule has 7 heteroatoms. The fourth-order valence-corrected chi connectivity index (χ4v) is 3.21. The lowest BCUT2D eigenvalue weighted by molar-refractivity contribution is 0.0703. The maximum atomic E-state index is 12.2. The van der Waals surface area contributed by atoms with Crippen LogP contribution >= 0.6 is 38.9 Å². The van der Waals surface area contributed by atoms with E-state index < -0.39 is 11.9 Å². The summed E-state index contributed by atoms with van der Waals surface area (Å²) in [6.45, 7) is 1.74. The molecule has 0 unspecified atom stereocenters. The van der Waals surface area contributed by atoms with Gasteiger partial charge in [-0.3, -0.25) is 4.79 Å². The number of hydrogen-bond donors (Lipinski definition) is 2. The molecule has 2 rings (SSSR count). The third-order valence-electron chi connectivity index (χ3n) is 2.58. The van der Waals surface area contributed by atoms with Crippen LogP contribution in [-0.4, -0.2) is 17.0 Å². The summed E-state index contributed by atoms with van der Waals surface area (Å²) in [5, 5.41) is 13.7. The third kappa shape index (κ3) is 3.03. The van der Waals surface area contributed by atoms with Gasteiger partial charge in [-0.05, 0) is 36.1 Å². The number of aryl methyl sites for hydroxylation is 1. The van der Waals surface area contributed by atoms with E-state index >= 15 is 0 Å². The van der Waals surface area contributed by atoms with Crippen LogP contribution in [0.25, 0.3) is 0 Å². The molecule has 2 N–H and O–H groups in total. The minimum atomic E-state index is -1.07. The topological polar surface area (TPSA) is 66.4 Å². The molecular weight excluding hydrogens is 366 g/mol. The second-order valence-electron chi connectivity index (χ2n) is 4.01. The lowest BCUT2D eigenvalue weighted by Crippen LogP contribution is -2.14. The van der Waals surface area contributed by atoms with E-state index in [1.807, 2.05) is 0 Å². The molecule has 0 aliphatic heterocycles. The number of halogens is 2. The number of carboxylic acid groups (broad SMARTS) is 1. The minimum absolute atomic E-state index is 0.101. The number of hydrogen-bond acceptors (Lipinski definition) is 3. The van der Waals surface area contributed by atoms with Gasteiger partial charge in [0.15, 0.2) is 0 Å². The third-order valence-corrected chi connectivity index (χ3v) is 4.48. The Labute approximate surface area is 132 Å². The summed E-state index contributed by atoms with van der Waals surface area (Å²) in [7, 11) is 0. The number of carbonyl (C=O) groups is 2. The molecule has 2 aromatic rings. The van der Waals surface area contributed by atoms with E-state index in [1.54, 1.807) is 30.5 Å². The van der Waals surface area contributed by atoms with Crippen molar-refractivity contribution in [2.24, 2.45) is 0 Å². The van der Waals surface area contributed by atoms with E-state index in [0.29, 0.717) is 16.3 Å². The average molecular weight is 375 g/mol. The van der Waals surface area contributed by atoms with E-state index in [1.165, 1.54) is 0 Å². The van der Waals surface area contributed by atoms with Gasteiger partial charge < -0.3 is 10.4 Å². The number of rotatable bonds is 3. The first kappa shape index (κ1) is 15.0. The van der Waals surface area contributed by atoms with E-state index in [9.17, 15) is 9.59 Å². The molecule has 0 bridgehead atoms. The van der Waals surface area contributed by atoms with Gasteiger partial charge in [-0.15, -0.1) is 11.3 Å². The summed E-state index contributed by atoms with van der Waals surface area (Å²) in [4.78, 5) is 23.4. The van der Waals surface area contributed by atoms with Crippen LogP contribution in [0.5, 0.6) is 0 Å². The van der Waals surface area contributed by atoms with Crippen LogP contribution in [0.15, 0.2) is 28.1 Å². The monoisotopic (exact) mass is 373 g/mol. The summed E-state index contributed by atoms with van der Waals surface area (Å²) in [5.41, 5.74) is 1.30. The maximum absolute atomic E-state index is 12.2. The Morgan fingerprint density at radius 2 is 2.10 bits per heavy atom. The molecule has 1 heterocycles. The zero-order valence-electron chi connectivity index (χ0n) is 10.2. The maximum Gasteiger partial charge on any atom is 0.348 e. The van der Waals surface area contributed by atoms with Crippen LogP contribution < -0.4 is 5.32 Å². The Morgan fingerprint density at radius 1 is 1.40 bits per heavy atom. The van der Waals surface area contributed by atoms with Crippen molar-refractivity contribution < 1.29 is 14.7 Å². The molecule has 104 valence electrons. The SMILES string of the molecule is Cc1csc(C(=O)O)c1NC(=O)c1ccc(Br)cc1Cl. The average Bonchev–Trinajstić information content (AvgIpc) is 2.71. The normalized spacial score (nSPS) is 10.3. The van der Waals surface area contributed by atoms with Crippen LogP contribution in [0, 0.1) is 6.92 Å². The highest BCUT2D eigenvalue weighted by Crippen LogP contribution is 2.29. The molecule has 0 fully saturated rings. The van der Waals surface area contributed by atoms with Crippen LogP contribution in [0.1, 0.15) is 25.6 Å². The molecule has 0 saturated heterocycles. The largest absolute Gasteiger partial charge is 0.477 e. The van der Waals surface area contributed by atoms with Gasteiger partial charge in [0.25, 0.3) is 5.91 Å². The second kappa shape index (κ2) is 5.95. The Bertz CT molecular complexity index is 699. The van der Waals surface area contributed by atoms with Crippen LogP contribution in [0.2, 0.25) is 5.02 Å². The Hall–Kier alpha value is -1.37. The van der Waals surface area contributed by atoms with Crippen LogP contribution in [-0.2, 0) is 0 Å². The Kier molecular flexibility index (Phi) is 4.47. The predicted molar refractivity (Wildman–Crippen MR) is 83.1 cm³/mol. The lowest BCUT2D eigenvalue weighted by atomic mass is 10.2. The van der Waals surface area contributed by atoms with Crippen molar-refractivity contribution in [1.82, 2.24) is 0 Å². The molecule has 0 aliphatic rings. The van der Waals surface area contributed by atoms with E-state index in [2.05, 4.69) is 21.2 Å². The molecule has 0 radical (unpaired) electrons. The molecule has 1 aromatic heterocycles. The fourth-order valence-electron chi connectivity index (χ4n) is 1.61. The van der Waals surface area contributed by atoms with Crippen LogP contribution in [0.4, 0.5) is 5.69 Å². The molecule has 0 spiro atoms. The molecule has 0 atom stereocenters. The standard InChI is InChI=1S/C13H9BrClNO3S/c1-6-5-20-11(13(18)19)10(6)16-12(17)8-3-2-7(14)4-9(8)15/h2-5H,1H3,(H,16,17)(H,18,19). The Morgan fingerprint density at radius 3 is 2.70 bits per heavy atom. The first-order valence-electron chi connectivity index (χ1n) is 5.48. The van der Waals surface area contributed by atoms with Crippen molar-refractivity contribution >= 4 is 56.4 Å². The molecule has 20 heavy (non-hydrogen) atoms. The van der Waals surface area contributed by atoms with E-state index in [4.69, 9.17) is 16.7 Å². The van der Waals surface area contributed by atoms with Gasteiger partial charge in [0.2, 0.25) is 0 Å². The summed E-state index contributed by atoms with van der Waals surface area (Å²) in [5.74, 6) is -1.51. The zero-order valence-corrected chi connectivity index (χ0v) is 13.4. The van der Waals surface area contributed by atoms with Crippen LogP contribution in [0.3, 0.4) is 0 Å². The highest BCUT2D eigenvalue weighted by molar-refractivity contribution is 9.10. The highest BCUT2D eigenvalue weighted by Gasteiger charge is 2.19. The number of carbonyl (C=O) groups excluding carboxylic acids is 1. The minimum Gasteiger partial charge on any atom is -0.477 e. The predicted octanol–water partition coefficient (Wildman–Crippen LogP) is 4.42. The van der Waals surface area contributed by atoms with Crippen molar-refractivity contribution in [3.8, 4) is 0 Å². The number of thiophene rings is 1. The number of carboxylic acids is 1. The first-order valence-corrected chi connectivity index (χ1v) is 7.53. The number of aromatic carboxylic acids is 1. The fraction of sp³-hybridized carbons (Fsp3) is 0.0769. The highest BCUT2D eigenvalue weighted by atomic mass is 79.9. The van der Waals surface area contributed by atoms with E-state index in [0.717, 1.165) is 15.8 Å². The Balaban J connectivity index is 2.33. The molecule has 1 aromatic carbocycles. The zero-order chi connectivity index (χ0) is 14.9. The molecule has 0 aliphatic carbocycles. The number of benzene rings is 1. The quantitative estimate of drug-likeness (QED) is 0.835. The molecular formula is C13H9BrClNO3S. The summed E-state index contributed by atoms with van der Waals surface area (Å²) in [6, 6.07) is 4.87. The molecule has 0 saturated carbocycles. The lowest BCUT2D eigenvalue weighted by Gasteiger charge is -2.08. The van der Waals surface area contributed by atoms with Gasteiger partial charge in [-0.25, -0.2) is 4.79 Å². The van der Waals surface area contributed by atoms with E-state index in [-0.39, 0.29) is 10.4 Å². The summed E-state index contributed by atoms with van der Waals surface area (Å²) >= 11 is 10.3. The molecule has 4 nitrogen and oxygen atoms in total. The van der Waals surface area contributed by atoms with Gasteiger partial charge in [0.05, 0.1) is 16.3 Å². The smallest absolute Gasteiger partial charge is 0.348 e. The van der Waals surface area contributed by atoms with Gasteiger partial charge in [-0.2, -0.15) is 0 Å². The summed E-state index contributed by atoms with van der Waals surface area (Å²) in [6.07, 6.45) is 0. The van der Waals surface area contributed by atoms with Crippen molar-refractivity contribution in [1.29, 1.82) is 0 Å². The summed E-state index contributed by atoms with van der Waals surface area (Å²) < 4.78 is 0.761. The second-order valence-corrected chi connectivity index (χ2v) is 6.21. The van der Waals surface area contributed by atoms with Crippen molar-refractivity contribution in [3.05, 3.63) is 49.1 Å². The first-order chi connectivity index (χ1) is 9.40. The van der Waals surface area contributed by atoms with Gasteiger partial charge in [-0.1, -0.05) is 27.5 Å². The van der Waals surface area contributed by atoms with Crippen molar-refractivity contribution in [2.45, 2.75) is 6.92 Å². The van der Waals surface area contributed by atoms with Crippen molar-refractivity contribution in [2.75, 3.05) is 5.32 Å². The van der Waals surface area contributed by atoms with Gasteiger partial charge >= 0.3 is 5.97 Å². The van der Waals surface area contributed by atoms with Crippen molar-refractivity contribution in [3.63, 3.8) is 0 Å². The van der Waals surface area contributed by atoms with Gasteiger partial charge in [0.1, 0.15) is 4.88 Å². The molecule has 1 amide bonds. The van der Waals surface area contributed by atoms with Gasteiger partial charge in [0, 0.05) is 4.47 Å². The number of nitrogens with one attached hydrogen (secondary N) is 1. The number of anilines is 1.